The van der Waals surface area contributed by atoms with E-state index in [0.717, 1.165) is 18.1 Å². The highest BCUT2D eigenvalue weighted by atomic mass is 35.5. The Balaban J connectivity index is 2.07. The normalized spacial score (nSPS) is 27.1. The van der Waals surface area contributed by atoms with Crippen LogP contribution in [-0.4, -0.2) is 31.1 Å². The monoisotopic (exact) mass is 266 g/mol. The van der Waals surface area contributed by atoms with E-state index in [2.05, 4.69) is 43.2 Å². The van der Waals surface area contributed by atoms with E-state index in [-0.39, 0.29) is 0 Å². The van der Waals surface area contributed by atoms with Gasteiger partial charge in [-0.05, 0) is 37.9 Å². The zero-order chi connectivity index (χ0) is 13.1. The smallest absolute Gasteiger partial charge is 0.0453 e. The summed E-state index contributed by atoms with van der Waals surface area (Å²) >= 11 is 6.29. The van der Waals surface area contributed by atoms with Crippen molar-refractivity contribution in [2.75, 3.05) is 20.1 Å². The Bertz CT molecular complexity index is 394. The zero-order valence-electron chi connectivity index (χ0n) is 11.5. The molecule has 1 aliphatic heterocycles. The average Bonchev–Trinajstić information content (AvgIpc) is 2.38. The molecule has 1 aromatic rings. The fourth-order valence-electron chi connectivity index (χ4n) is 2.97. The summed E-state index contributed by atoms with van der Waals surface area (Å²) < 4.78 is 0. The fraction of sp³-hybridized carbons (Fsp3) is 0.600. The van der Waals surface area contributed by atoms with Gasteiger partial charge in [0.2, 0.25) is 0 Å². The van der Waals surface area contributed by atoms with Gasteiger partial charge in [-0.15, -0.1) is 0 Å². The van der Waals surface area contributed by atoms with Crippen molar-refractivity contribution < 1.29 is 0 Å². The number of rotatable bonds is 3. The van der Waals surface area contributed by atoms with Crippen LogP contribution >= 0.6 is 11.6 Å². The van der Waals surface area contributed by atoms with Crippen LogP contribution in [0.1, 0.15) is 31.9 Å². The van der Waals surface area contributed by atoms with Gasteiger partial charge in [0.05, 0.1) is 0 Å². The number of likely N-dealkylation sites (tertiary alicyclic amines) is 1. The van der Waals surface area contributed by atoms with Crippen LogP contribution < -0.4 is 5.32 Å². The van der Waals surface area contributed by atoms with Gasteiger partial charge in [0.25, 0.3) is 0 Å². The summed E-state index contributed by atoms with van der Waals surface area (Å²) in [5, 5.41) is 4.29. The number of hydrogen-bond acceptors (Lipinski definition) is 2. The maximum Gasteiger partial charge on any atom is 0.0453 e. The molecule has 1 N–H and O–H groups in total. The zero-order valence-corrected chi connectivity index (χ0v) is 12.2. The summed E-state index contributed by atoms with van der Waals surface area (Å²) in [4.78, 5) is 2.54. The molecule has 0 radical (unpaired) electrons. The highest BCUT2D eigenvalue weighted by Gasteiger charge is 2.28. The second kappa shape index (κ2) is 6.05. The predicted molar refractivity (Wildman–Crippen MR) is 78.1 cm³/mol. The highest BCUT2D eigenvalue weighted by Crippen LogP contribution is 2.30. The summed E-state index contributed by atoms with van der Waals surface area (Å²) in [5.74, 6) is 0.689. The van der Waals surface area contributed by atoms with Gasteiger partial charge in [-0.3, -0.25) is 4.90 Å². The average molecular weight is 267 g/mol. The molecule has 0 spiro atoms. The van der Waals surface area contributed by atoms with Crippen LogP contribution in [0.15, 0.2) is 24.3 Å². The number of nitrogens with zero attached hydrogens (tertiary/aromatic N) is 1. The lowest BCUT2D eigenvalue weighted by atomic mass is 9.92. The number of hydrogen-bond donors (Lipinski definition) is 1. The maximum atomic E-state index is 6.29. The molecule has 1 fully saturated rings. The van der Waals surface area contributed by atoms with E-state index in [4.69, 9.17) is 11.6 Å². The van der Waals surface area contributed by atoms with Gasteiger partial charge < -0.3 is 5.32 Å². The molecule has 1 aliphatic rings. The molecule has 1 heterocycles. The van der Waals surface area contributed by atoms with Crippen LogP contribution in [0.5, 0.6) is 0 Å². The Morgan fingerprint density at radius 2 is 2.11 bits per heavy atom. The predicted octanol–water partition coefficient (Wildman–Crippen LogP) is 3.33. The van der Waals surface area contributed by atoms with Crippen molar-refractivity contribution >= 4 is 11.6 Å². The molecule has 1 saturated heterocycles. The Kier molecular flexibility index (Phi) is 4.66. The van der Waals surface area contributed by atoms with E-state index in [1.807, 2.05) is 12.1 Å². The number of halogens is 1. The molecule has 3 unspecified atom stereocenters. The SMILES string of the molecule is CNC1CCN(C(C)c2ccccc2Cl)CC1C. The highest BCUT2D eigenvalue weighted by molar-refractivity contribution is 6.31. The van der Waals surface area contributed by atoms with Crippen molar-refractivity contribution in [2.24, 2.45) is 5.92 Å². The Morgan fingerprint density at radius 3 is 2.72 bits per heavy atom. The van der Waals surface area contributed by atoms with E-state index in [0.29, 0.717) is 18.0 Å². The molecular weight excluding hydrogens is 244 g/mol. The largest absolute Gasteiger partial charge is 0.317 e. The second-order valence-corrected chi connectivity index (χ2v) is 5.76. The molecule has 0 saturated carbocycles. The lowest BCUT2D eigenvalue weighted by Crippen LogP contribution is -2.47. The molecular formula is C15H23ClN2. The summed E-state index contributed by atoms with van der Waals surface area (Å²) in [6.45, 7) is 6.86. The van der Waals surface area contributed by atoms with E-state index in [1.54, 1.807) is 0 Å². The molecule has 100 valence electrons. The third-order valence-electron chi connectivity index (χ3n) is 4.21. The summed E-state index contributed by atoms with van der Waals surface area (Å²) in [6.07, 6.45) is 1.21. The first-order valence-electron chi connectivity index (χ1n) is 6.79. The van der Waals surface area contributed by atoms with Gasteiger partial charge in [-0.2, -0.15) is 0 Å². The summed E-state index contributed by atoms with van der Waals surface area (Å²) in [5.41, 5.74) is 1.24. The standard InChI is InChI=1S/C15H23ClN2/c1-11-10-18(9-8-15(11)17-3)12(2)13-6-4-5-7-14(13)16/h4-7,11-12,15,17H,8-10H2,1-3H3. The molecule has 2 rings (SSSR count). The molecule has 0 bridgehead atoms. The van der Waals surface area contributed by atoms with E-state index >= 15 is 0 Å². The first-order valence-corrected chi connectivity index (χ1v) is 7.17. The van der Waals surface area contributed by atoms with Gasteiger partial charge in [0, 0.05) is 30.2 Å². The Hall–Kier alpha value is -0.570. The van der Waals surface area contributed by atoms with Gasteiger partial charge in [-0.1, -0.05) is 36.7 Å². The lowest BCUT2D eigenvalue weighted by molar-refractivity contribution is 0.114. The Labute approximate surface area is 115 Å². The molecule has 1 aromatic carbocycles. The van der Waals surface area contributed by atoms with Crippen LogP contribution in [0.2, 0.25) is 5.02 Å². The molecule has 2 nitrogen and oxygen atoms in total. The van der Waals surface area contributed by atoms with E-state index in [9.17, 15) is 0 Å². The minimum Gasteiger partial charge on any atom is -0.317 e. The van der Waals surface area contributed by atoms with Crippen LogP contribution in [-0.2, 0) is 0 Å². The van der Waals surface area contributed by atoms with Gasteiger partial charge in [-0.25, -0.2) is 0 Å². The molecule has 0 aliphatic carbocycles. The summed E-state index contributed by atoms with van der Waals surface area (Å²) in [7, 11) is 2.06. The molecule has 3 atom stereocenters. The fourth-order valence-corrected chi connectivity index (χ4v) is 3.26. The number of benzene rings is 1. The van der Waals surface area contributed by atoms with Crippen molar-refractivity contribution in [2.45, 2.75) is 32.4 Å². The number of piperidine rings is 1. The van der Waals surface area contributed by atoms with Crippen LogP contribution in [0.3, 0.4) is 0 Å². The minimum absolute atomic E-state index is 0.402. The topological polar surface area (TPSA) is 15.3 Å². The maximum absolute atomic E-state index is 6.29. The van der Waals surface area contributed by atoms with Gasteiger partial charge in [0.1, 0.15) is 0 Å². The third kappa shape index (κ3) is 2.87. The molecule has 18 heavy (non-hydrogen) atoms. The van der Waals surface area contributed by atoms with Crippen molar-refractivity contribution in [3.8, 4) is 0 Å². The van der Waals surface area contributed by atoms with Gasteiger partial charge in [0.15, 0.2) is 0 Å². The summed E-state index contributed by atoms with van der Waals surface area (Å²) in [6, 6.07) is 9.24. The number of nitrogens with one attached hydrogen (secondary N) is 1. The van der Waals surface area contributed by atoms with Crippen LogP contribution in [0.25, 0.3) is 0 Å². The van der Waals surface area contributed by atoms with Crippen LogP contribution in [0, 0.1) is 5.92 Å². The van der Waals surface area contributed by atoms with Crippen molar-refractivity contribution in [3.05, 3.63) is 34.9 Å². The van der Waals surface area contributed by atoms with Gasteiger partial charge >= 0.3 is 0 Å². The quantitative estimate of drug-likeness (QED) is 0.903. The second-order valence-electron chi connectivity index (χ2n) is 5.35. The minimum atomic E-state index is 0.402. The molecule has 0 amide bonds. The first kappa shape index (κ1) is 13.9. The lowest BCUT2D eigenvalue weighted by Gasteiger charge is -2.40. The van der Waals surface area contributed by atoms with Crippen molar-refractivity contribution in [1.29, 1.82) is 0 Å². The molecule has 0 aromatic heterocycles. The molecule has 3 heteroatoms. The van der Waals surface area contributed by atoms with Crippen LogP contribution in [0.4, 0.5) is 0 Å². The van der Waals surface area contributed by atoms with Crippen molar-refractivity contribution in [1.82, 2.24) is 10.2 Å². The van der Waals surface area contributed by atoms with E-state index in [1.165, 1.54) is 12.0 Å². The first-order chi connectivity index (χ1) is 8.63. The van der Waals surface area contributed by atoms with Crippen molar-refractivity contribution in [3.63, 3.8) is 0 Å². The van der Waals surface area contributed by atoms with E-state index < -0.39 is 0 Å². The third-order valence-corrected chi connectivity index (χ3v) is 4.55. The Morgan fingerprint density at radius 1 is 1.39 bits per heavy atom.